The summed E-state index contributed by atoms with van der Waals surface area (Å²) in [4.78, 5) is 10.7. The summed E-state index contributed by atoms with van der Waals surface area (Å²) in [6.07, 6.45) is 1.23. The molecule has 1 saturated heterocycles. The standard InChI is InChI=1S/C13H20ClN3/c1-9-7-11(16-12(14)15-9)17-6-5-10(8-17)13(2,3)4/h7,10H,5-6,8H2,1-4H3. The predicted octanol–water partition coefficient (Wildman–Crippen LogP) is 3.31. The highest BCUT2D eigenvalue weighted by molar-refractivity contribution is 6.28. The molecule has 0 N–H and O–H groups in total. The molecular weight excluding hydrogens is 234 g/mol. The summed E-state index contributed by atoms with van der Waals surface area (Å²) < 4.78 is 0. The fourth-order valence-electron chi connectivity index (χ4n) is 2.35. The van der Waals surface area contributed by atoms with E-state index in [-0.39, 0.29) is 0 Å². The van der Waals surface area contributed by atoms with Gasteiger partial charge in [0.25, 0.3) is 0 Å². The van der Waals surface area contributed by atoms with Crippen molar-refractivity contribution in [3.8, 4) is 0 Å². The zero-order valence-electron chi connectivity index (χ0n) is 11.0. The molecule has 0 spiro atoms. The van der Waals surface area contributed by atoms with Gasteiger partial charge in [0.1, 0.15) is 5.82 Å². The number of hydrogen-bond donors (Lipinski definition) is 0. The van der Waals surface area contributed by atoms with Gasteiger partial charge in [-0.15, -0.1) is 0 Å². The van der Waals surface area contributed by atoms with Crippen molar-refractivity contribution in [1.82, 2.24) is 9.97 Å². The Morgan fingerprint density at radius 2 is 2.06 bits per heavy atom. The summed E-state index contributed by atoms with van der Waals surface area (Å²) >= 11 is 5.91. The van der Waals surface area contributed by atoms with Crippen LogP contribution in [0.4, 0.5) is 5.82 Å². The van der Waals surface area contributed by atoms with Gasteiger partial charge in [-0.3, -0.25) is 0 Å². The highest BCUT2D eigenvalue weighted by Crippen LogP contribution is 2.35. The number of hydrogen-bond acceptors (Lipinski definition) is 3. The third-order valence-corrected chi connectivity index (χ3v) is 3.72. The van der Waals surface area contributed by atoms with Crippen LogP contribution in [0.25, 0.3) is 0 Å². The van der Waals surface area contributed by atoms with Crippen LogP contribution in [0.3, 0.4) is 0 Å². The van der Waals surface area contributed by atoms with Gasteiger partial charge in [0.2, 0.25) is 5.28 Å². The molecule has 1 aliphatic heterocycles. The second-order valence-corrected chi connectivity index (χ2v) is 6.27. The van der Waals surface area contributed by atoms with Gasteiger partial charge in [0, 0.05) is 24.8 Å². The molecule has 0 saturated carbocycles. The maximum absolute atomic E-state index is 5.91. The minimum Gasteiger partial charge on any atom is -0.356 e. The fraction of sp³-hybridized carbons (Fsp3) is 0.692. The first-order valence-electron chi connectivity index (χ1n) is 6.12. The van der Waals surface area contributed by atoms with E-state index in [4.69, 9.17) is 11.6 Å². The number of anilines is 1. The lowest BCUT2D eigenvalue weighted by Crippen LogP contribution is -2.26. The molecule has 17 heavy (non-hydrogen) atoms. The number of aromatic nitrogens is 2. The Hall–Kier alpha value is -0.830. The number of aryl methyl sites for hydroxylation is 1. The quantitative estimate of drug-likeness (QED) is 0.719. The van der Waals surface area contributed by atoms with Crippen molar-refractivity contribution < 1.29 is 0 Å². The Kier molecular flexibility index (Phi) is 3.30. The molecule has 0 aromatic carbocycles. The van der Waals surface area contributed by atoms with Gasteiger partial charge in [0.05, 0.1) is 0 Å². The predicted molar refractivity (Wildman–Crippen MR) is 71.6 cm³/mol. The molecular formula is C13H20ClN3. The monoisotopic (exact) mass is 253 g/mol. The molecule has 0 amide bonds. The molecule has 2 rings (SSSR count). The van der Waals surface area contributed by atoms with Crippen LogP contribution in [-0.4, -0.2) is 23.1 Å². The molecule has 0 aliphatic carbocycles. The Morgan fingerprint density at radius 3 is 2.59 bits per heavy atom. The zero-order chi connectivity index (χ0) is 12.6. The van der Waals surface area contributed by atoms with E-state index in [1.54, 1.807) is 0 Å². The van der Waals surface area contributed by atoms with Crippen molar-refractivity contribution in [2.45, 2.75) is 34.1 Å². The summed E-state index contributed by atoms with van der Waals surface area (Å²) in [7, 11) is 0. The molecule has 1 fully saturated rings. The maximum Gasteiger partial charge on any atom is 0.224 e. The van der Waals surface area contributed by atoms with Crippen LogP contribution in [-0.2, 0) is 0 Å². The SMILES string of the molecule is Cc1cc(N2CCC(C(C)(C)C)C2)nc(Cl)n1. The lowest BCUT2D eigenvalue weighted by Gasteiger charge is -2.27. The number of halogens is 1. The van der Waals surface area contributed by atoms with E-state index >= 15 is 0 Å². The summed E-state index contributed by atoms with van der Waals surface area (Å²) in [5.74, 6) is 1.69. The fourth-order valence-corrected chi connectivity index (χ4v) is 2.57. The molecule has 3 nitrogen and oxygen atoms in total. The van der Waals surface area contributed by atoms with Gasteiger partial charge < -0.3 is 4.90 Å². The third-order valence-electron chi connectivity index (χ3n) is 3.55. The molecule has 1 unspecified atom stereocenters. The smallest absolute Gasteiger partial charge is 0.224 e. The second kappa shape index (κ2) is 4.45. The highest BCUT2D eigenvalue weighted by Gasteiger charge is 2.32. The van der Waals surface area contributed by atoms with Crippen LogP contribution in [0.5, 0.6) is 0 Å². The molecule has 1 aromatic rings. The van der Waals surface area contributed by atoms with Crippen LogP contribution in [0, 0.1) is 18.3 Å². The molecule has 2 heterocycles. The van der Waals surface area contributed by atoms with Gasteiger partial charge in [-0.2, -0.15) is 0 Å². The summed E-state index contributed by atoms with van der Waals surface area (Å²) in [6.45, 7) is 11.0. The van der Waals surface area contributed by atoms with Gasteiger partial charge in [0.15, 0.2) is 0 Å². The average molecular weight is 254 g/mol. The van der Waals surface area contributed by atoms with E-state index in [0.29, 0.717) is 10.7 Å². The van der Waals surface area contributed by atoms with Gasteiger partial charge >= 0.3 is 0 Å². The van der Waals surface area contributed by atoms with Crippen molar-refractivity contribution in [2.24, 2.45) is 11.3 Å². The molecule has 94 valence electrons. The highest BCUT2D eigenvalue weighted by atomic mass is 35.5. The lowest BCUT2D eigenvalue weighted by atomic mass is 9.80. The van der Waals surface area contributed by atoms with Crippen LogP contribution in [0.15, 0.2) is 6.07 Å². The number of rotatable bonds is 1. The van der Waals surface area contributed by atoms with Crippen molar-refractivity contribution in [3.05, 3.63) is 17.0 Å². The Balaban J connectivity index is 2.15. The van der Waals surface area contributed by atoms with Gasteiger partial charge in [-0.05, 0) is 36.3 Å². The molecule has 1 aliphatic rings. The van der Waals surface area contributed by atoms with Crippen molar-refractivity contribution >= 4 is 17.4 Å². The normalized spacial score (nSPS) is 21.0. The Bertz CT molecular complexity index is 391. The van der Waals surface area contributed by atoms with E-state index in [1.165, 1.54) is 6.42 Å². The minimum atomic E-state index is 0.346. The first-order valence-corrected chi connectivity index (χ1v) is 6.50. The Labute approximate surface area is 108 Å². The molecule has 0 bridgehead atoms. The first-order chi connectivity index (χ1) is 7.86. The molecule has 0 radical (unpaired) electrons. The average Bonchev–Trinajstić information content (AvgIpc) is 2.63. The first kappa shape index (κ1) is 12.6. The summed E-state index contributed by atoms with van der Waals surface area (Å²) in [5.41, 5.74) is 1.29. The molecule has 4 heteroatoms. The largest absolute Gasteiger partial charge is 0.356 e. The van der Waals surface area contributed by atoms with Crippen LogP contribution in [0.2, 0.25) is 5.28 Å². The number of nitrogens with zero attached hydrogens (tertiary/aromatic N) is 3. The van der Waals surface area contributed by atoms with Gasteiger partial charge in [-0.25, -0.2) is 9.97 Å². The molecule has 1 aromatic heterocycles. The van der Waals surface area contributed by atoms with Crippen molar-refractivity contribution in [3.63, 3.8) is 0 Å². The van der Waals surface area contributed by atoms with Crippen LogP contribution < -0.4 is 4.90 Å². The van der Waals surface area contributed by atoms with Gasteiger partial charge in [-0.1, -0.05) is 20.8 Å². The zero-order valence-corrected chi connectivity index (χ0v) is 11.8. The summed E-state index contributed by atoms with van der Waals surface area (Å²) in [6, 6.07) is 2.01. The van der Waals surface area contributed by atoms with Crippen LogP contribution in [0.1, 0.15) is 32.9 Å². The van der Waals surface area contributed by atoms with E-state index in [1.807, 2.05) is 13.0 Å². The van der Waals surface area contributed by atoms with E-state index < -0.39 is 0 Å². The van der Waals surface area contributed by atoms with E-state index in [0.717, 1.165) is 30.5 Å². The van der Waals surface area contributed by atoms with Crippen molar-refractivity contribution in [2.75, 3.05) is 18.0 Å². The van der Waals surface area contributed by atoms with E-state index in [2.05, 4.69) is 35.6 Å². The third kappa shape index (κ3) is 2.89. The maximum atomic E-state index is 5.91. The summed E-state index contributed by atoms with van der Waals surface area (Å²) in [5, 5.41) is 0.346. The topological polar surface area (TPSA) is 29.0 Å². The van der Waals surface area contributed by atoms with E-state index in [9.17, 15) is 0 Å². The Morgan fingerprint density at radius 1 is 1.35 bits per heavy atom. The molecule has 1 atom stereocenters. The lowest BCUT2D eigenvalue weighted by molar-refractivity contribution is 0.263. The van der Waals surface area contributed by atoms with Crippen molar-refractivity contribution in [1.29, 1.82) is 0 Å². The second-order valence-electron chi connectivity index (χ2n) is 5.93. The van der Waals surface area contributed by atoms with Crippen LogP contribution >= 0.6 is 11.6 Å². The minimum absolute atomic E-state index is 0.346.